The van der Waals surface area contributed by atoms with Crippen molar-refractivity contribution in [1.82, 2.24) is 15.6 Å². The number of non-ortho nitro benzene ring substituents is 1. The van der Waals surface area contributed by atoms with Crippen molar-refractivity contribution in [2.45, 2.75) is 38.4 Å². The molecule has 0 saturated carbocycles. The number of rotatable bonds is 14. The Morgan fingerprint density at radius 3 is 2.69 bits per heavy atom. The number of nitrogens with zero attached hydrogens (tertiary/aromatic N) is 4. The van der Waals surface area contributed by atoms with Crippen LogP contribution in [0.4, 0.5) is 27.3 Å². The van der Waals surface area contributed by atoms with E-state index in [9.17, 15) is 19.3 Å². The van der Waals surface area contributed by atoms with Crippen molar-refractivity contribution in [2.24, 2.45) is 0 Å². The Balaban J connectivity index is 1.04. The van der Waals surface area contributed by atoms with Crippen molar-refractivity contribution in [1.29, 1.82) is 0 Å². The number of amides is 1. The average molecular weight is 777 g/mol. The molecule has 3 heterocycles. The molecule has 2 N–H and O–H groups in total. The Labute approximate surface area is 318 Å². The summed E-state index contributed by atoms with van der Waals surface area (Å²) >= 11 is 6.19. The molecule has 0 aliphatic carbocycles. The second-order valence-electron chi connectivity index (χ2n) is 12.3. The zero-order valence-corrected chi connectivity index (χ0v) is 30.2. The molecular weight excluding hydrogens is 743 g/mol. The number of ether oxygens (including phenoxy) is 5. The highest BCUT2D eigenvalue weighted by molar-refractivity contribution is 6.31. The third-order valence-electron chi connectivity index (χ3n) is 8.72. The van der Waals surface area contributed by atoms with Gasteiger partial charge in [0.1, 0.15) is 30.7 Å². The molecule has 0 radical (unpaired) electrons. The fraction of sp³-hybridized carbons (Fsp3) is 0.270. The Kier molecular flexibility index (Phi) is 11.4. The lowest BCUT2D eigenvalue weighted by molar-refractivity contribution is -0.384. The molecule has 55 heavy (non-hydrogen) atoms. The normalized spacial score (nSPS) is 16.7. The van der Waals surface area contributed by atoms with Gasteiger partial charge < -0.3 is 33.9 Å². The molecule has 5 aromatic rings. The lowest BCUT2D eigenvalue weighted by Gasteiger charge is -2.26. The number of anilines is 3. The third kappa shape index (κ3) is 8.45. The van der Waals surface area contributed by atoms with Crippen LogP contribution < -0.4 is 34.8 Å². The van der Waals surface area contributed by atoms with E-state index in [0.29, 0.717) is 69.7 Å². The van der Waals surface area contributed by atoms with Crippen LogP contribution in [-0.4, -0.2) is 66.2 Å². The fourth-order valence-corrected chi connectivity index (χ4v) is 6.06. The van der Waals surface area contributed by atoms with Crippen LogP contribution in [0.15, 0.2) is 79.1 Å². The van der Waals surface area contributed by atoms with Crippen molar-refractivity contribution in [3.63, 3.8) is 0 Å². The van der Waals surface area contributed by atoms with Crippen LogP contribution in [-0.2, 0) is 25.8 Å². The predicted octanol–water partition coefficient (Wildman–Crippen LogP) is 6.42. The summed E-state index contributed by atoms with van der Waals surface area (Å²) in [6.07, 6.45) is -0.0683. The number of hydrogen-bond acceptors (Lipinski definition) is 14. The second kappa shape index (κ2) is 16.7. The highest BCUT2D eigenvalue weighted by Crippen LogP contribution is 2.43. The van der Waals surface area contributed by atoms with Gasteiger partial charge in [0, 0.05) is 42.2 Å². The summed E-state index contributed by atoms with van der Waals surface area (Å²) in [5.41, 5.74) is 4.47. The van der Waals surface area contributed by atoms with Crippen LogP contribution in [0.1, 0.15) is 18.9 Å². The lowest BCUT2D eigenvalue weighted by atomic mass is 10.1. The van der Waals surface area contributed by atoms with E-state index in [1.807, 2.05) is 0 Å². The second-order valence-corrected chi connectivity index (χ2v) is 12.7. The van der Waals surface area contributed by atoms with E-state index in [1.165, 1.54) is 37.7 Å². The molecule has 2 aliphatic rings. The van der Waals surface area contributed by atoms with Crippen molar-refractivity contribution in [2.75, 3.05) is 37.1 Å². The number of nitrogens with one attached hydrogen (secondary N) is 2. The topological polar surface area (TPSA) is 178 Å². The van der Waals surface area contributed by atoms with Gasteiger partial charge in [-0.25, -0.2) is 14.4 Å². The molecule has 1 saturated heterocycles. The Morgan fingerprint density at radius 2 is 1.95 bits per heavy atom. The molecule has 286 valence electrons. The molecule has 4 aromatic carbocycles. The monoisotopic (exact) mass is 776 g/mol. The van der Waals surface area contributed by atoms with E-state index >= 15 is 0 Å². The number of fused-ring (bicyclic) bond motifs is 2. The highest BCUT2D eigenvalue weighted by Gasteiger charge is 2.36. The first-order valence-corrected chi connectivity index (χ1v) is 17.4. The molecule has 1 aromatic heterocycles. The molecule has 16 nitrogen and oxygen atoms in total. The number of halogens is 2. The molecule has 2 aliphatic heterocycles. The quantitative estimate of drug-likeness (QED) is 0.0717. The minimum atomic E-state index is -0.866. The van der Waals surface area contributed by atoms with Gasteiger partial charge in [-0.15, -0.1) is 0 Å². The Bertz CT molecular complexity index is 2190. The van der Waals surface area contributed by atoms with Gasteiger partial charge in [0.25, 0.3) is 17.9 Å². The summed E-state index contributed by atoms with van der Waals surface area (Å²) in [5, 5.41) is 14.5. The van der Waals surface area contributed by atoms with Gasteiger partial charge in [-0.1, -0.05) is 35.4 Å². The number of hydrogen-bond donors (Lipinski definition) is 2. The summed E-state index contributed by atoms with van der Waals surface area (Å²) < 4.78 is 43.6. The van der Waals surface area contributed by atoms with Crippen LogP contribution in [0.25, 0.3) is 10.9 Å². The number of methoxy groups -OCH3 is 1. The highest BCUT2D eigenvalue weighted by atomic mass is 35.5. The van der Waals surface area contributed by atoms with Gasteiger partial charge in [0.2, 0.25) is 0 Å². The Morgan fingerprint density at radius 1 is 1.11 bits per heavy atom. The van der Waals surface area contributed by atoms with Crippen molar-refractivity contribution >= 4 is 51.3 Å². The average Bonchev–Trinajstić information content (AvgIpc) is 3.65. The molecular formula is C37H34ClFN6O10. The van der Waals surface area contributed by atoms with Crippen LogP contribution in [0.2, 0.25) is 5.02 Å². The fourth-order valence-electron chi connectivity index (χ4n) is 5.88. The van der Waals surface area contributed by atoms with Crippen LogP contribution in [0.3, 0.4) is 0 Å². The summed E-state index contributed by atoms with van der Waals surface area (Å²) in [4.78, 5) is 45.0. The molecule has 0 bridgehead atoms. The number of carbonyl (C=O) groups is 1. The van der Waals surface area contributed by atoms with E-state index in [0.717, 1.165) is 0 Å². The Hall–Kier alpha value is -5.85. The zero-order valence-electron chi connectivity index (χ0n) is 29.4. The lowest BCUT2D eigenvalue weighted by Crippen LogP contribution is -2.43. The summed E-state index contributed by atoms with van der Waals surface area (Å²) in [5.74, 6) is 0.988. The smallest absolute Gasteiger partial charge is 0.269 e. The van der Waals surface area contributed by atoms with E-state index < -0.39 is 35.1 Å². The van der Waals surface area contributed by atoms with Crippen molar-refractivity contribution in [3.8, 4) is 23.0 Å². The van der Waals surface area contributed by atoms with Gasteiger partial charge in [-0.05, 0) is 48.9 Å². The van der Waals surface area contributed by atoms with Gasteiger partial charge in [-0.3, -0.25) is 24.6 Å². The zero-order chi connectivity index (χ0) is 38.5. The third-order valence-corrected chi connectivity index (χ3v) is 9.01. The number of aromatic nitrogens is 2. The first kappa shape index (κ1) is 37.5. The molecule has 0 spiro atoms. The standard InChI is InChI=1S/C37H34ClFN6O10/c1-21(36(46)42-28-4-3-5-30-34(28)54-37(53-30)31-12-13-52-43-55-31)50-14-15-51-33-17-25-29(18-32(33)49-2)40-20-41-35(25)44(24-10-11-27(39)26(38)16-24)19-22-6-8-23(9-7-22)45(47)48/h3-11,16-18,20-21,31,37,43H,12-15,19H2,1-2H3,(H,42,46). The largest absolute Gasteiger partial charge is 0.493 e. The van der Waals surface area contributed by atoms with E-state index in [1.54, 1.807) is 60.4 Å². The first-order valence-electron chi connectivity index (χ1n) is 17.0. The van der Waals surface area contributed by atoms with E-state index in [4.69, 9.17) is 45.0 Å². The van der Waals surface area contributed by atoms with E-state index in [2.05, 4.69) is 20.9 Å². The molecule has 1 fully saturated rings. The summed E-state index contributed by atoms with van der Waals surface area (Å²) in [6, 6.07) is 18.9. The van der Waals surface area contributed by atoms with Gasteiger partial charge in [0.15, 0.2) is 29.1 Å². The van der Waals surface area contributed by atoms with Gasteiger partial charge in [0.05, 0.1) is 41.5 Å². The number of carbonyl (C=O) groups excluding carboxylic acids is 1. The minimum Gasteiger partial charge on any atom is -0.493 e. The van der Waals surface area contributed by atoms with Crippen molar-refractivity contribution < 1.29 is 47.5 Å². The molecule has 1 amide bonds. The maximum Gasteiger partial charge on any atom is 0.269 e. The van der Waals surface area contributed by atoms with Gasteiger partial charge in [-0.2, -0.15) is 0 Å². The van der Waals surface area contributed by atoms with Crippen LogP contribution >= 0.6 is 11.6 Å². The van der Waals surface area contributed by atoms with Crippen LogP contribution in [0, 0.1) is 15.9 Å². The number of nitro benzene ring substituents is 1. The SMILES string of the molecule is COc1cc2ncnc(N(Cc3ccc([N+](=O)[O-])cc3)c3ccc(F)c(Cl)c3)c2cc1OCCOC(C)C(=O)Nc1cccc2c1OC(C1CCONO1)O2. The summed E-state index contributed by atoms with van der Waals surface area (Å²) in [7, 11) is 1.49. The van der Waals surface area contributed by atoms with Crippen LogP contribution in [0.5, 0.6) is 23.0 Å². The minimum absolute atomic E-state index is 0.0386. The molecule has 3 atom stereocenters. The number of nitro groups is 1. The first-order chi connectivity index (χ1) is 26.7. The maximum atomic E-state index is 14.2. The maximum absolute atomic E-state index is 14.2. The molecule has 3 unspecified atom stereocenters. The summed E-state index contributed by atoms with van der Waals surface area (Å²) in [6.45, 7) is 2.31. The predicted molar refractivity (Wildman–Crippen MR) is 196 cm³/mol. The molecule has 7 rings (SSSR count). The van der Waals surface area contributed by atoms with Crippen molar-refractivity contribution in [3.05, 3.63) is 106 Å². The number of para-hydroxylation sites is 1. The van der Waals surface area contributed by atoms with Gasteiger partial charge >= 0.3 is 0 Å². The number of benzene rings is 4. The molecule has 18 heteroatoms. The van der Waals surface area contributed by atoms with E-state index in [-0.39, 0.29) is 30.5 Å².